The Labute approximate surface area is 184 Å². The van der Waals surface area contributed by atoms with Gasteiger partial charge in [-0.2, -0.15) is 0 Å². The van der Waals surface area contributed by atoms with Crippen LogP contribution < -0.4 is 5.32 Å². The van der Waals surface area contributed by atoms with E-state index in [1.165, 1.54) is 16.9 Å². The molecule has 1 aromatic carbocycles. The van der Waals surface area contributed by atoms with Crippen molar-refractivity contribution in [1.29, 1.82) is 0 Å². The summed E-state index contributed by atoms with van der Waals surface area (Å²) in [5, 5.41) is 5.12. The molecule has 0 saturated carbocycles. The summed E-state index contributed by atoms with van der Waals surface area (Å²) in [7, 11) is 0. The van der Waals surface area contributed by atoms with Crippen molar-refractivity contribution in [3.63, 3.8) is 0 Å². The van der Waals surface area contributed by atoms with Gasteiger partial charge in [0.25, 0.3) is 5.91 Å². The van der Waals surface area contributed by atoms with Crippen LogP contribution in [0.15, 0.2) is 47.8 Å². The summed E-state index contributed by atoms with van der Waals surface area (Å²) in [5.74, 6) is -0.00627. The maximum Gasteiger partial charge on any atom is 0.263 e. The molecule has 162 valence electrons. The third-order valence-corrected chi connectivity index (χ3v) is 6.82. The Kier molecular flexibility index (Phi) is 8.46. The van der Waals surface area contributed by atoms with E-state index in [9.17, 15) is 9.59 Å². The van der Waals surface area contributed by atoms with Crippen molar-refractivity contribution < 1.29 is 9.59 Å². The molecule has 1 N–H and O–H groups in total. The maximum atomic E-state index is 12.9. The number of nitrogens with zero attached hydrogens (tertiary/aromatic N) is 2. The first-order valence-corrected chi connectivity index (χ1v) is 11.9. The van der Waals surface area contributed by atoms with Gasteiger partial charge in [0.1, 0.15) is 0 Å². The molecule has 1 fully saturated rings. The molecule has 2 amide bonds. The first-order chi connectivity index (χ1) is 14.6. The van der Waals surface area contributed by atoms with Gasteiger partial charge >= 0.3 is 0 Å². The summed E-state index contributed by atoms with van der Waals surface area (Å²) in [5.41, 5.74) is 1.29. The van der Waals surface area contributed by atoms with Crippen LogP contribution in [-0.4, -0.2) is 60.4 Å². The zero-order valence-corrected chi connectivity index (χ0v) is 18.9. The van der Waals surface area contributed by atoms with E-state index in [4.69, 9.17) is 0 Å². The average Bonchev–Trinajstić information content (AvgIpc) is 3.33. The van der Waals surface area contributed by atoms with Crippen LogP contribution in [0.5, 0.6) is 0 Å². The number of amides is 2. The predicted molar refractivity (Wildman–Crippen MR) is 123 cm³/mol. The number of hydrogen-bond donors (Lipinski definition) is 1. The molecule has 30 heavy (non-hydrogen) atoms. The SMILES string of the molecule is CCN(CC)C(CNC(=O)C1CCCN(C(=O)c2cccs2)C1)Cc1ccccc1. The minimum atomic E-state index is -0.128. The average molecular weight is 428 g/mol. The monoisotopic (exact) mass is 427 g/mol. The fourth-order valence-corrected chi connectivity index (χ4v) is 4.94. The number of carbonyl (C=O) groups excluding carboxylic acids is 2. The zero-order chi connectivity index (χ0) is 21.3. The molecule has 1 aliphatic rings. The van der Waals surface area contributed by atoms with Gasteiger partial charge in [0.05, 0.1) is 10.8 Å². The molecule has 2 atom stereocenters. The standard InChI is InChI=1S/C24H33N3O2S/c1-3-26(4-2)21(16-19-10-6-5-7-11-19)17-25-23(28)20-12-8-14-27(18-20)24(29)22-13-9-15-30-22/h5-7,9-11,13,15,20-21H,3-4,8,12,14,16-18H2,1-2H3,(H,25,28). The normalized spacial score (nSPS) is 17.7. The lowest BCUT2D eigenvalue weighted by Crippen LogP contribution is -2.49. The second kappa shape index (κ2) is 11.3. The molecule has 0 aliphatic carbocycles. The van der Waals surface area contributed by atoms with Gasteiger partial charge in [-0.3, -0.25) is 14.5 Å². The lowest BCUT2D eigenvalue weighted by Gasteiger charge is -2.33. The van der Waals surface area contributed by atoms with Crippen molar-refractivity contribution in [3.8, 4) is 0 Å². The molecular formula is C24H33N3O2S. The highest BCUT2D eigenvalue weighted by atomic mass is 32.1. The third-order valence-electron chi connectivity index (χ3n) is 5.97. The van der Waals surface area contributed by atoms with Crippen molar-refractivity contribution >= 4 is 23.2 Å². The number of nitrogens with one attached hydrogen (secondary N) is 1. The van der Waals surface area contributed by atoms with Crippen molar-refractivity contribution in [3.05, 3.63) is 58.3 Å². The first-order valence-electron chi connectivity index (χ1n) is 11.0. The van der Waals surface area contributed by atoms with E-state index >= 15 is 0 Å². The fourth-order valence-electron chi connectivity index (χ4n) is 4.25. The smallest absolute Gasteiger partial charge is 0.263 e. The van der Waals surface area contributed by atoms with Gasteiger partial charge in [-0.1, -0.05) is 50.2 Å². The minimum absolute atomic E-state index is 0.0487. The number of carbonyl (C=O) groups is 2. The van der Waals surface area contributed by atoms with E-state index in [1.807, 2.05) is 28.5 Å². The van der Waals surface area contributed by atoms with E-state index in [2.05, 4.69) is 48.3 Å². The minimum Gasteiger partial charge on any atom is -0.354 e. The van der Waals surface area contributed by atoms with Crippen LogP contribution >= 0.6 is 11.3 Å². The quantitative estimate of drug-likeness (QED) is 0.664. The van der Waals surface area contributed by atoms with Gasteiger partial charge in [0.15, 0.2) is 0 Å². The molecule has 5 nitrogen and oxygen atoms in total. The fraction of sp³-hybridized carbons (Fsp3) is 0.500. The van der Waals surface area contributed by atoms with Crippen LogP contribution in [0.25, 0.3) is 0 Å². The molecule has 0 bridgehead atoms. The molecule has 2 aromatic rings. The van der Waals surface area contributed by atoms with Gasteiger partial charge in [0.2, 0.25) is 5.91 Å². The Morgan fingerprint density at radius 2 is 1.93 bits per heavy atom. The molecule has 0 spiro atoms. The van der Waals surface area contributed by atoms with E-state index in [0.717, 1.165) is 43.8 Å². The summed E-state index contributed by atoms with van der Waals surface area (Å²) >= 11 is 1.46. The van der Waals surface area contributed by atoms with Crippen molar-refractivity contribution in [1.82, 2.24) is 15.1 Å². The topological polar surface area (TPSA) is 52.7 Å². The van der Waals surface area contributed by atoms with Crippen LogP contribution in [0, 0.1) is 5.92 Å². The largest absolute Gasteiger partial charge is 0.354 e. The number of piperidine rings is 1. The van der Waals surface area contributed by atoms with E-state index in [1.54, 1.807) is 0 Å². The molecule has 1 aromatic heterocycles. The summed E-state index contributed by atoms with van der Waals surface area (Å²) in [4.78, 5) is 30.6. The highest BCUT2D eigenvalue weighted by Crippen LogP contribution is 2.21. The van der Waals surface area contributed by atoms with Crippen LogP contribution in [0.1, 0.15) is 41.9 Å². The van der Waals surface area contributed by atoms with Crippen LogP contribution in [0.4, 0.5) is 0 Å². The number of benzene rings is 1. The zero-order valence-electron chi connectivity index (χ0n) is 18.0. The highest BCUT2D eigenvalue weighted by molar-refractivity contribution is 7.12. The van der Waals surface area contributed by atoms with Crippen LogP contribution in [0.3, 0.4) is 0 Å². The third kappa shape index (κ3) is 5.92. The van der Waals surface area contributed by atoms with Gasteiger partial charge in [-0.05, 0) is 49.4 Å². The molecule has 3 rings (SSSR count). The predicted octanol–water partition coefficient (Wildman–Crippen LogP) is 3.67. The lowest BCUT2D eigenvalue weighted by atomic mass is 9.96. The molecule has 0 radical (unpaired) electrons. The maximum absolute atomic E-state index is 12.9. The Morgan fingerprint density at radius 3 is 2.60 bits per heavy atom. The summed E-state index contributed by atoms with van der Waals surface area (Å²) in [6.45, 7) is 8.11. The lowest BCUT2D eigenvalue weighted by molar-refractivity contribution is -0.126. The van der Waals surface area contributed by atoms with Crippen molar-refractivity contribution in [2.75, 3.05) is 32.7 Å². The molecule has 1 aliphatic heterocycles. The van der Waals surface area contributed by atoms with Crippen LogP contribution in [-0.2, 0) is 11.2 Å². The summed E-state index contributed by atoms with van der Waals surface area (Å²) in [6.07, 6.45) is 2.63. The Bertz CT molecular complexity index is 790. The first kappa shape index (κ1) is 22.5. The molecule has 2 heterocycles. The number of rotatable bonds is 9. The van der Waals surface area contributed by atoms with E-state index in [-0.39, 0.29) is 23.8 Å². The van der Waals surface area contributed by atoms with E-state index < -0.39 is 0 Å². The number of likely N-dealkylation sites (tertiary alicyclic amines) is 1. The van der Waals surface area contributed by atoms with Crippen molar-refractivity contribution in [2.24, 2.45) is 5.92 Å². The molecule has 6 heteroatoms. The highest BCUT2D eigenvalue weighted by Gasteiger charge is 2.29. The molecular weight excluding hydrogens is 394 g/mol. The van der Waals surface area contributed by atoms with Gasteiger partial charge < -0.3 is 10.2 Å². The van der Waals surface area contributed by atoms with Gasteiger partial charge in [-0.25, -0.2) is 0 Å². The van der Waals surface area contributed by atoms with Crippen molar-refractivity contribution in [2.45, 2.75) is 39.2 Å². The summed E-state index contributed by atoms with van der Waals surface area (Å²) in [6, 6.07) is 14.5. The Morgan fingerprint density at radius 1 is 1.17 bits per heavy atom. The number of likely N-dealkylation sites (N-methyl/N-ethyl adjacent to an activating group) is 1. The number of hydrogen-bond acceptors (Lipinski definition) is 4. The Balaban J connectivity index is 1.58. The number of thiophene rings is 1. The second-order valence-electron chi connectivity index (χ2n) is 7.88. The summed E-state index contributed by atoms with van der Waals surface area (Å²) < 4.78 is 0. The second-order valence-corrected chi connectivity index (χ2v) is 8.83. The van der Waals surface area contributed by atoms with Gasteiger partial charge in [-0.15, -0.1) is 11.3 Å². The van der Waals surface area contributed by atoms with Crippen LogP contribution in [0.2, 0.25) is 0 Å². The Hall–Kier alpha value is -2.18. The molecule has 1 saturated heterocycles. The molecule has 2 unspecified atom stereocenters. The van der Waals surface area contributed by atoms with Gasteiger partial charge in [0, 0.05) is 25.7 Å². The van der Waals surface area contributed by atoms with E-state index in [0.29, 0.717) is 13.1 Å².